The number of benzene rings is 1. The highest BCUT2D eigenvalue weighted by molar-refractivity contribution is 5.92. The first-order chi connectivity index (χ1) is 16.5. The number of ether oxygens (including phenoxy) is 1. The quantitative estimate of drug-likeness (QED) is 0.592. The highest BCUT2D eigenvalue weighted by atomic mass is 16.5. The van der Waals surface area contributed by atoms with E-state index in [0.717, 1.165) is 48.5 Å². The second kappa shape index (κ2) is 7.12. The van der Waals surface area contributed by atoms with Gasteiger partial charge in [-0.1, -0.05) is 6.07 Å². The highest BCUT2D eigenvalue weighted by Gasteiger charge is 2.73. The van der Waals surface area contributed by atoms with Crippen molar-refractivity contribution in [1.29, 1.82) is 0 Å². The summed E-state index contributed by atoms with van der Waals surface area (Å²) in [5.74, 6) is 1.18. The van der Waals surface area contributed by atoms with E-state index in [2.05, 4.69) is 10.2 Å². The molecule has 1 amide bonds. The van der Waals surface area contributed by atoms with E-state index in [-0.39, 0.29) is 23.7 Å². The van der Waals surface area contributed by atoms with Crippen molar-refractivity contribution in [3.05, 3.63) is 53.5 Å². The molecule has 0 radical (unpaired) electrons. The van der Waals surface area contributed by atoms with Gasteiger partial charge in [0.15, 0.2) is 11.5 Å². The number of nitrogens with one attached hydrogen (secondary N) is 1. The molecule has 0 unspecified atom stereocenters. The molecule has 1 aromatic heterocycles. The molecule has 7 heteroatoms. The Balaban J connectivity index is 1.25. The van der Waals surface area contributed by atoms with E-state index in [1.807, 2.05) is 6.07 Å². The molecular weight excluding hydrogens is 432 g/mol. The van der Waals surface area contributed by atoms with Gasteiger partial charge in [0.1, 0.15) is 6.10 Å². The standard InChI is InChI=1S/C27H30N2O5/c30-20-5-4-18-13-21-27(32)9-7-19(28-22(31)6-3-17-8-12-33-15-17)25-26(27,23(18)24(20)34-25)10-11-29(21)14-16-1-2-16/h3-6,8,12,15-16,19,21,25,30,32H,1-2,7,9-11,13-14H2,(H,28,31)/b6-3+/t19-,21-,25+,26+,27-/m1/s1. The predicted molar refractivity (Wildman–Crippen MR) is 124 cm³/mol. The molecule has 1 spiro atoms. The Labute approximate surface area is 198 Å². The Bertz CT molecular complexity index is 1170. The van der Waals surface area contributed by atoms with Crippen LogP contribution in [0.4, 0.5) is 0 Å². The third-order valence-electron chi connectivity index (χ3n) is 9.06. The molecule has 178 valence electrons. The summed E-state index contributed by atoms with van der Waals surface area (Å²) in [6.45, 7) is 1.95. The van der Waals surface area contributed by atoms with Crippen LogP contribution in [0.15, 0.2) is 41.2 Å². The molecular formula is C27H30N2O5. The Morgan fingerprint density at radius 1 is 1.24 bits per heavy atom. The fourth-order valence-electron chi connectivity index (χ4n) is 7.40. The molecule has 1 saturated heterocycles. The van der Waals surface area contributed by atoms with Crippen molar-refractivity contribution >= 4 is 12.0 Å². The normalized spacial score (nSPS) is 35.7. The van der Waals surface area contributed by atoms with Gasteiger partial charge in [0, 0.05) is 29.8 Å². The number of likely N-dealkylation sites (tertiary alicyclic amines) is 1. The van der Waals surface area contributed by atoms with E-state index in [4.69, 9.17) is 9.15 Å². The third-order valence-corrected chi connectivity index (χ3v) is 9.06. The monoisotopic (exact) mass is 462 g/mol. The van der Waals surface area contributed by atoms with Gasteiger partial charge in [0.05, 0.1) is 29.6 Å². The minimum absolute atomic E-state index is 0.0357. The lowest BCUT2D eigenvalue weighted by molar-refractivity contribution is -0.192. The minimum Gasteiger partial charge on any atom is -0.504 e. The van der Waals surface area contributed by atoms with Crippen LogP contribution < -0.4 is 10.1 Å². The Hall–Kier alpha value is -2.77. The first-order valence-electron chi connectivity index (χ1n) is 12.5. The summed E-state index contributed by atoms with van der Waals surface area (Å²) < 4.78 is 11.5. The molecule has 1 aromatic carbocycles. The first kappa shape index (κ1) is 20.6. The van der Waals surface area contributed by atoms with Crippen LogP contribution in [-0.4, -0.2) is 57.9 Å². The van der Waals surface area contributed by atoms with Crippen molar-refractivity contribution in [2.45, 2.75) is 67.7 Å². The van der Waals surface area contributed by atoms with Crippen molar-refractivity contribution in [2.75, 3.05) is 13.1 Å². The van der Waals surface area contributed by atoms with Crippen LogP contribution in [-0.2, 0) is 16.6 Å². The SMILES string of the molecule is O=C(/C=C/c1ccoc1)N[C@@H]1CC[C@@]2(O)[C@H]3Cc4ccc(O)c5c4[C@@]2(CCN3CC2CC2)[C@H]1O5. The lowest BCUT2D eigenvalue weighted by Crippen LogP contribution is -2.78. The van der Waals surface area contributed by atoms with E-state index in [0.29, 0.717) is 18.6 Å². The number of carbonyl (C=O) groups excluding carboxylic acids is 1. The summed E-state index contributed by atoms with van der Waals surface area (Å²) in [6.07, 6.45) is 11.3. The van der Waals surface area contributed by atoms with Crippen molar-refractivity contribution in [3.8, 4) is 11.5 Å². The van der Waals surface area contributed by atoms with Gasteiger partial charge < -0.3 is 24.7 Å². The summed E-state index contributed by atoms with van der Waals surface area (Å²) in [5, 5.41) is 26.3. The van der Waals surface area contributed by atoms with Gasteiger partial charge in [0.2, 0.25) is 5.91 Å². The lowest BCUT2D eigenvalue weighted by atomic mass is 9.48. The third kappa shape index (κ3) is 2.74. The van der Waals surface area contributed by atoms with Gasteiger partial charge in [0.25, 0.3) is 0 Å². The second-order valence-electron chi connectivity index (χ2n) is 10.8. The number of nitrogens with zero attached hydrogens (tertiary/aromatic N) is 1. The zero-order chi connectivity index (χ0) is 23.1. The maximum Gasteiger partial charge on any atom is 0.244 e. The van der Waals surface area contributed by atoms with Gasteiger partial charge in [-0.3, -0.25) is 9.69 Å². The van der Waals surface area contributed by atoms with Crippen LogP contribution in [0.1, 0.15) is 48.8 Å². The highest BCUT2D eigenvalue weighted by Crippen LogP contribution is 2.65. The number of hydrogen-bond acceptors (Lipinski definition) is 6. The van der Waals surface area contributed by atoms with E-state index in [1.54, 1.807) is 30.7 Å². The number of amides is 1. The Morgan fingerprint density at radius 3 is 2.91 bits per heavy atom. The molecule has 2 aliphatic heterocycles. The summed E-state index contributed by atoms with van der Waals surface area (Å²) in [7, 11) is 0. The molecule has 3 heterocycles. The molecule has 34 heavy (non-hydrogen) atoms. The number of aromatic hydroxyl groups is 1. The van der Waals surface area contributed by atoms with E-state index < -0.39 is 17.1 Å². The van der Waals surface area contributed by atoms with Crippen LogP contribution in [0.2, 0.25) is 0 Å². The summed E-state index contributed by atoms with van der Waals surface area (Å²) in [5.41, 5.74) is 1.41. The predicted octanol–water partition coefficient (Wildman–Crippen LogP) is 2.75. The Kier molecular flexibility index (Phi) is 4.31. The number of furan rings is 1. The largest absolute Gasteiger partial charge is 0.504 e. The Morgan fingerprint density at radius 2 is 2.12 bits per heavy atom. The fraction of sp³-hybridized carbons (Fsp3) is 0.519. The summed E-state index contributed by atoms with van der Waals surface area (Å²) in [4.78, 5) is 15.3. The molecule has 5 aliphatic rings. The molecule has 3 aliphatic carbocycles. The molecule has 7 nitrogen and oxygen atoms in total. The van der Waals surface area contributed by atoms with Gasteiger partial charge in [-0.05, 0) is 74.8 Å². The van der Waals surface area contributed by atoms with Gasteiger partial charge in [-0.25, -0.2) is 0 Å². The zero-order valence-electron chi connectivity index (χ0n) is 19.1. The average Bonchev–Trinajstić information content (AvgIpc) is 3.33. The number of phenolic OH excluding ortho intramolecular Hbond substituents is 1. The smallest absolute Gasteiger partial charge is 0.244 e. The lowest BCUT2D eigenvalue weighted by Gasteiger charge is -2.64. The first-order valence-corrected chi connectivity index (χ1v) is 12.5. The van der Waals surface area contributed by atoms with Crippen molar-refractivity contribution in [3.63, 3.8) is 0 Å². The maximum absolute atomic E-state index is 12.8. The van der Waals surface area contributed by atoms with Gasteiger partial charge in [-0.2, -0.15) is 0 Å². The van der Waals surface area contributed by atoms with Crippen molar-refractivity contribution < 1.29 is 24.2 Å². The van der Waals surface area contributed by atoms with E-state index in [1.165, 1.54) is 18.9 Å². The number of phenols is 1. The van der Waals surface area contributed by atoms with Crippen molar-refractivity contribution in [1.82, 2.24) is 10.2 Å². The number of hydrogen-bond donors (Lipinski definition) is 3. The van der Waals surface area contributed by atoms with Crippen LogP contribution in [0.5, 0.6) is 11.5 Å². The van der Waals surface area contributed by atoms with Gasteiger partial charge >= 0.3 is 0 Å². The topological polar surface area (TPSA) is 95.2 Å². The number of aliphatic hydroxyl groups is 1. The minimum atomic E-state index is -0.940. The van der Waals surface area contributed by atoms with Crippen molar-refractivity contribution in [2.24, 2.45) is 5.92 Å². The maximum atomic E-state index is 12.8. The summed E-state index contributed by atoms with van der Waals surface area (Å²) in [6, 6.07) is 5.30. The molecule has 3 N–H and O–H groups in total. The molecule has 3 fully saturated rings. The van der Waals surface area contributed by atoms with E-state index in [9.17, 15) is 15.0 Å². The number of rotatable bonds is 5. The van der Waals surface area contributed by atoms with Gasteiger partial charge in [-0.15, -0.1) is 0 Å². The number of piperidine rings is 1. The molecule has 2 bridgehead atoms. The van der Waals surface area contributed by atoms with Crippen LogP contribution >= 0.6 is 0 Å². The fourth-order valence-corrected chi connectivity index (χ4v) is 7.40. The molecule has 7 rings (SSSR count). The van der Waals surface area contributed by atoms with Crippen LogP contribution in [0.3, 0.4) is 0 Å². The second-order valence-corrected chi connectivity index (χ2v) is 10.8. The molecule has 2 saturated carbocycles. The molecule has 2 aromatic rings. The van der Waals surface area contributed by atoms with Crippen LogP contribution in [0.25, 0.3) is 6.08 Å². The molecule has 5 atom stereocenters. The van der Waals surface area contributed by atoms with E-state index >= 15 is 0 Å². The average molecular weight is 463 g/mol. The number of carbonyl (C=O) groups is 1. The van der Waals surface area contributed by atoms with Crippen LogP contribution in [0, 0.1) is 5.92 Å². The zero-order valence-corrected chi connectivity index (χ0v) is 19.1. The summed E-state index contributed by atoms with van der Waals surface area (Å²) >= 11 is 0.